The predicted octanol–water partition coefficient (Wildman–Crippen LogP) is 11.6. The summed E-state index contributed by atoms with van der Waals surface area (Å²) in [6, 6.07) is 57.9. The minimum atomic E-state index is 0.0425. The largest absolute Gasteiger partial charge is 0.302 e. The summed E-state index contributed by atoms with van der Waals surface area (Å²) in [5.74, 6) is 0. The van der Waals surface area contributed by atoms with Crippen LogP contribution in [0.3, 0.4) is 0 Å². The molecule has 10 rings (SSSR count). The molecule has 2 aromatic heterocycles. The number of carbonyl (C=O) groups is 2. The third-order valence-electron chi connectivity index (χ3n) is 9.61. The van der Waals surface area contributed by atoms with Crippen LogP contribution in [0, 0.1) is 0 Å². The Kier molecular flexibility index (Phi) is 8.33. The summed E-state index contributed by atoms with van der Waals surface area (Å²) in [6.45, 7) is 0. The first-order valence-electron chi connectivity index (χ1n) is 17.4. The second-order valence-electron chi connectivity index (χ2n) is 12.8. The van der Waals surface area contributed by atoms with E-state index in [0.717, 1.165) is 84.7 Å². The molecular weight excluding hydrogens is 741 g/mol. The molecule has 4 heterocycles. The van der Waals surface area contributed by atoms with E-state index in [0.29, 0.717) is 0 Å². The summed E-state index contributed by atoms with van der Waals surface area (Å²) in [4.78, 5) is 35.9. The van der Waals surface area contributed by atoms with Crippen LogP contribution in [0.4, 0.5) is 32.8 Å². The van der Waals surface area contributed by atoms with Gasteiger partial charge in [-0.1, -0.05) is 97.1 Å². The lowest BCUT2D eigenvalue weighted by molar-refractivity contribution is -0.106. The van der Waals surface area contributed by atoms with Crippen LogP contribution in [-0.2, 0) is 9.59 Å². The van der Waals surface area contributed by atoms with Crippen molar-refractivity contribution < 1.29 is 9.59 Å². The molecule has 0 unspecified atom stereocenters. The zero-order valence-electron chi connectivity index (χ0n) is 28.5. The average Bonchev–Trinajstić information content (AvgIpc) is 4.02. The zero-order valence-corrected chi connectivity index (χ0v) is 31.8. The highest BCUT2D eigenvalue weighted by Gasteiger charge is 2.31. The van der Waals surface area contributed by atoms with Gasteiger partial charge in [-0.15, -0.1) is 22.7 Å². The highest BCUT2D eigenvalue weighted by molar-refractivity contribution is 8.15. The molecule has 0 N–H and O–H groups in total. The molecule has 258 valence electrons. The summed E-state index contributed by atoms with van der Waals surface area (Å²) in [5.41, 5.74) is 5.70. The van der Waals surface area contributed by atoms with Gasteiger partial charge < -0.3 is 9.80 Å². The topological polar surface area (TPSA) is 40.6 Å². The van der Waals surface area contributed by atoms with E-state index in [1.54, 1.807) is 22.7 Å². The van der Waals surface area contributed by atoms with Crippen LogP contribution in [0.5, 0.6) is 0 Å². The average molecular weight is 769 g/mol. The molecular formula is C46H28N2O2S4. The number of carbonyl (C=O) groups excluding carboxylic acids is 2. The van der Waals surface area contributed by atoms with Crippen molar-refractivity contribution in [1.29, 1.82) is 0 Å². The molecule has 0 spiro atoms. The Morgan fingerprint density at radius 2 is 0.685 bits per heavy atom. The van der Waals surface area contributed by atoms with Crippen LogP contribution in [0.1, 0.15) is 9.75 Å². The van der Waals surface area contributed by atoms with Crippen LogP contribution in [0.15, 0.2) is 180 Å². The molecule has 8 aromatic rings. The molecule has 0 amide bonds. The number of benzene rings is 6. The SMILES string of the molecule is O=C1Sc2c(ccc3c4c(ccc23)=C(c2ccc(N(c3ccccc3)c3ccccc3)s2)C(=O)S4)=C1c1ccc(N(c2ccccc2)c2ccccc2)s1. The van der Waals surface area contributed by atoms with Gasteiger partial charge in [-0.05, 0) is 107 Å². The minimum absolute atomic E-state index is 0.0425. The molecule has 0 saturated heterocycles. The second-order valence-corrected chi connectivity index (χ2v) is 16.9. The first kappa shape index (κ1) is 33.0. The molecule has 8 heteroatoms. The van der Waals surface area contributed by atoms with Gasteiger partial charge in [0.1, 0.15) is 10.0 Å². The maximum atomic E-state index is 13.8. The molecule has 54 heavy (non-hydrogen) atoms. The maximum absolute atomic E-state index is 13.8. The highest BCUT2D eigenvalue weighted by atomic mass is 32.2. The minimum Gasteiger partial charge on any atom is -0.302 e. The number of hydrogen-bond acceptors (Lipinski definition) is 8. The van der Waals surface area contributed by atoms with Crippen molar-refractivity contribution in [3.63, 3.8) is 0 Å². The number of rotatable bonds is 8. The summed E-state index contributed by atoms with van der Waals surface area (Å²) in [6.07, 6.45) is 0. The van der Waals surface area contributed by atoms with Crippen LogP contribution in [0.25, 0.3) is 21.9 Å². The molecule has 2 aliphatic rings. The maximum Gasteiger partial charge on any atom is 0.226 e. The third kappa shape index (κ3) is 5.61. The van der Waals surface area contributed by atoms with Gasteiger partial charge >= 0.3 is 0 Å². The number of nitrogens with zero attached hydrogens (tertiary/aromatic N) is 2. The number of fused-ring (bicyclic) bond motifs is 5. The number of anilines is 6. The lowest BCUT2D eigenvalue weighted by Crippen LogP contribution is -2.10. The van der Waals surface area contributed by atoms with E-state index < -0.39 is 0 Å². The van der Waals surface area contributed by atoms with E-state index in [1.807, 2.05) is 72.8 Å². The first-order chi connectivity index (χ1) is 26.6. The fourth-order valence-electron chi connectivity index (χ4n) is 7.22. The Labute approximate surface area is 328 Å². The van der Waals surface area contributed by atoms with Gasteiger partial charge in [0.05, 0.1) is 11.1 Å². The third-order valence-corrected chi connectivity index (χ3v) is 13.9. The second kappa shape index (κ2) is 13.6. The normalized spacial score (nSPS) is 13.4. The summed E-state index contributed by atoms with van der Waals surface area (Å²) >= 11 is 5.83. The van der Waals surface area contributed by atoms with Gasteiger partial charge in [-0.25, -0.2) is 0 Å². The quantitative estimate of drug-likeness (QED) is 0.153. The fraction of sp³-hybridized carbons (Fsp3) is 0. The Morgan fingerprint density at radius 3 is 1.02 bits per heavy atom. The van der Waals surface area contributed by atoms with Gasteiger partial charge in [0.25, 0.3) is 0 Å². The monoisotopic (exact) mass is 768 g/mol. The molecule has 0 atom stereocenters. The smallest absolute Gasteiger partial charge is 0.226 e. The van der Waals surface area contributed by atoms with Gasteiger partial charge in [0.15, 0.2) is 0 Å². The van der Waals surface area contributed by atoms with Crippen molar-refractivity contribution in [2.45, 2.75) is 9.79 Å². The molecule has 4 nitrogen and oxygen atoms in total. The van der Waals surface area contributed by atoms with Gasteiger partial charge in [-0.3, -0.25) is 9.59 Å². The van der Waals surface area contributed by atoms with Crippen LogP contribution in [0.2, 0.25) is 0 Å². The van der Waals surface area contributed by atoms with Gasteiger partial charge in [-0.2, -0.15) is 0 Å². The van der Waals surface area contributed by atoms with Crippen molar-refractivity contribution in [3.05, 3.63) is 190 Å². The van der Waals surface area contributed by atoms with Crippen LogP contribution in [-0.4, -0.2) is 10.2 Å². The number of hydrogen-bond donors (Lipinski definition) is 0. The van der Waals surface area contributed by atoms with E-state index in [4.69, 9.17) is 0 Å². The molecule has 2 aliphatic heterocycles. The summed E-state index contributed by atoms with van der Waals surface area (Å²) in [5, 5.41) is 6.04. The van der Waals surface area contributed by atoms with Crippen molar-refractivity contribution in [2.75, 3.05) is 9.80 Å². The van der Waals surface area contributed by atoms with Crippen molar-refractivity contribution in [1.82, 2.24) is 0 Å². The summed E-state index contributed by atoms with van der Waals surface area (Å²) < 4.78 is 0. The van der Waals surface area contributed by atoms with E-state index >= 15 is 0 Å². The Balaban J connectivity index is 1.06. The van der Waals surface area contributed by atoms with Crippen LogP contribution < -0.4 is 20.2 Å². The number of para-hydroxylation sites is 4. The standard InChI is InChI=1S/C46H28N2O2S4/c49-45-41(37-25-27-39(51-37)47(29-13-5-1-6-14-29)30-15-7-2-8-16-30)35-23-21-34-33(43(35)53-45)22-24-36-42(46(50)54-44(34)36)38-26-28-40(52-38)48(31-17-9-3-10-18-31)32-19-11-4-12-20-32/h1-28H. The molecule has 6 aromatic carbocycles. The van der Waals surface area contributed by atoms with Crippen molar-refractivity contribution in [3.8, 4) is 0 Å². The number of thiophene rings is 2. The van der Waals surface area contributed by atoms with Gasteiger partial charge in [0, 0.05) is 52.7 Å². The van der Waals surface area contributed by atoms with Crippen LogP contribution >= 0.6 is 46.2 Å². The van der Waals surface area contributed by atoms with Gasteiger partial charge in [0.2, 0.25) is 10.2 Å². The highest BCUT2D eigenvalue weighted by Crippen LogP contribution is 2.46. The lowest BCUT2D eigenvalue weighted by atomic mass is 10.0. The fourth-order valence-corrected chi connectivity index (χ4v) is 11.7. The summed E-state index contributed by atoms with van der Waals surface area (Å²) in [7, 11) is 0. The number of thioether (sulfide) groups is 2. The van der Waals surface area contributed by atoms with Crippen molar-refractivity contribution in [2.24, 2.45) is 0 Å². The lowest BCUT2D eigenvalue weighted by Gasteiger charge is -2.23. The van der Waals surface area contributed by atoms with Crippen molar-refractivity contribution >= 4 is 111 Å². The first-order valence-corrected chi connectivity index (χ1v) is 20.7. The molecule has 0 aliphatic carbocycles. The predicted molar refractivity (Wildman–Crippen MR) is 228 cm³/mol. The Morgan fingerprint density at radius 1 is 0.352 bits per heavy atom. The molecule has 0 saturated carbocycles. The van der Waals surface area contributed by atoms with E-state index in [1.165, 1.54) is 23.5 Å². The zero-order chi connectivity index (χ0) is 36.2. The molecule has 0 fully saturated rings. The van der Waals surface area contributed by atoms with E-state index in [9.17, 15) is 9.59 Å². The van der Waals surface area contributed by atoms with E-state index in [2.05, 4.69) is 107 Å². The Bertz CT molecular complexity index is 2590. The Hall–Kier alpha value is -5.64. The molecule has 0 radical (unpaired) electrons. The van der Waals surface area contributed by atoms with E-state index in [-0.39, 0.29) is 10.2 Å². The molecule has 0 bridgehead atoms.